The van der Waals surface area contributed by atoms with Gasteiger partial charge in [-0.25, -0.2) is 4.79 Å². The van der Waals surface area contributed by atoms with E-state index in [1.54, 1.807) is 6.20 Å². The highest BCUT2D eigenvalue weighted by molar-refractivity contribution is 5.90. The molecule has 11 heavy (non-hydrogen) atoms. The molecule has 1 aromatic rings. The molecule has 0 aliphatic rings. The molecule has 0 unspecified atom stereocenters. The van der Waals surface area contributed by atoms with Gasteiger partial charge in [0.2, 0.25) is 0 Å². The highest BCUT2D eigenvalue weighted by Gasteiger charge is 2.09. The van der Waals surface area contributed by atoms with Crippen LogP contribution in [0.1, 0.15) is 15.9 Å². The number of carbonyl (C=O) groups excluding carboxylic acids is 1. The molecule has 0 aromatic carbocycles. The van der Waals surface area contributed by atoms with E-state index in [2.05, 4.69) is 4.74 Å². The second kappa shape index (κ2) is 2.78. The van der Waals surface area contributed by atoms with Gasteiger partial charge in [0.25, 0.3) is 0 Å². The van der Waals surface area contributed by atoms with Gasteiger partial charge in [0.15, 0.2) is 0 Å². The van der Waals surface area contributed by atoms with Crippen LogP contribution in [0.25, 0.3) is 0 Å². The van der Waals surface area contributed by atoms with Crippen LogP contribution in [-0.4, -0.2) is 17.6 Å². The van der Waals surface area contributed by atoms with Gasteiger partial charge in [-0.3, -0.25) is 0 Å². The van der Waals surface area contributed by atoms with Gasteiger partial charge in [0, 0.05) is 19.4 Å². The van der Waals surface area contributed by atoms with Crippen molar-refractivity contribution < 1.29 is 9.53 Å². The molecule has 0 radical (unpaired) electrons. The van der Waals surface area contributed by atoms with Gasteiger partial charge in [-0.1, -0.05) is 0 Å². The van der Waals surface area contributed by atoms with Crippen molar-refractivity contribution in [3.63, 3.8) is 0 Å². The lowest BCUT2D eigenvalue weighted by atomic mass is 10.2. The van der Waals surface area contributed by atoms with Crippen molar-refractivity contribution in [1.82, 2.24) is 4.57 Å². The summed E-state index contributed by atoms with van der Waals surface area (Å²) in [4.78, 5) is 11.0. The fourth-order valence-corrected chi connectivity index (χ4v) is 1.04. The SMILES string of the molecule is COC(=O)c1cn(C)cc1C. The number of nitrogens with zero attached hydrogens (tertiary/aromatic N) is 1. The molecule has 60 valence electrons. The Kier molecular flexibility index (Phi) is 1.98. The standard InChI is InChI=1S/C8H11NO2/c1-6-4-9(2)5-7(6)8(10)11-3/h4-5H,1-3H3. The fourth-order valence-electron chi connectivity index (χ4n) is 1.04. The van der Waals surface area contributed by atoms with E-state index in [-0.39, 0.29) is 5.97 Å². The highest BCUT2D eigenvalue weighted by atomic mass is 16.5. The molecule has 1 aromatic heterocycles. The number of esters is 1. The molecule has 1 rings (SSSR count). The molecular weight excluding hydrogens is 142 g/mol. The summed E-state index contributed by atoms with van der Waals surface area (Å²) in [5.74, 6) is -0.275. The Morgan fingerprint density at radius 1 is 1.55 bits per heavy atom. The van der Waals surface area contributed by atoms with Crippen LogP contribution in [0.3, 0.4) is 0 Å². The topological polar surface area (TPSA) is 31.2 Å². The minimum atomic E-state index is -0.275. The van der Waals surface area contributed by atoms with Gasteiger partial charge >= 0.3 is 5.97 Å². The van der Waals surface area contributed by atoms with E-state index in [1.807, 2.05) is 24.7 Å². The molecule has 0 fully saturated rings. The van der Waals surface area contributed by atoms with Gasteiger partial charge < -0.3 is 9.30 Å². The lowest BCUT2D eigenvalue weighted by molar-refractivity contribution is 0.0600. The second-order valence-electron chi connectivity index (χ2n) is 2.51. The molecule has 0 bridgehead atoms. The van der Waals surface area contributed by atoms with Crippen LogP contribution in [0.4, 0.5) is 0 Å². The number of rotatable bonds is 1. The van der Waals surface area contributed by atoms with Crippen LogP contribution >= 0.6 is 0 Å². The maximum absolute atomic E-state index is 11.0. The molecule has 1 heterocycles. The largest absolute Gasteiger partial charge is 0.465 e. The van der Waals surface area contributed by atoms with Crippen molar-refractivity contribution in [3.05, 3.63) is 23.5 Å². The molecule has 3 heteroatoms. The minimum absolute atomic E-state index is 0.275. The van der Waals surface area contributed by atoms with E-state index >= 15 is 0 Å². The zero-order chi connectivity index (χ0) is 8.43. The normalized spacial score (nSPS) is 9.73. The lowest BCUT2D eigenvalue weighted by Gasteiger charge is -1.94. The predicted octanol–water partition coefficient (Wildman–Crippen LogP) is 1.12. The third-order valence-electron chi connectivity index (χ3n) is 1.56. The van der Waals surface area contributed by atoms with Crippen molar-refractivity contribution in [2.24, 2.45) is 7.05 Å². The summed E-state index contributed by atoms with van der Waals surface area (Å²) in [6, 6.07) is 0. The van der Waals surface area contributed by atoms with Gasteiger partial charge in [-0.15, -0.1) is 0 Å². The predicted molar refractivity (Wildman–Crippen MR) is 41.5 cm³/mol. The molecule has 0 aliphatic carbocycles. The number of hydrogen-bond donors (Lipinski definition) is 0. The zero-order valence-electron chi connectivity index (χ0n) is 6.92. The van der Waals surface area contributed by atoms with E-state index in [9.17, 15) is 4.79 Å². The van der Waals surface area contributed by atoms with E-state index in [1.165, 1.54) is 7.11 Å². The number of methoxy groups -OCH3 is 1. The summed E-state index contributed by atoms with van der Waals surface area (Å²) < 4.78 is 6.41. The van der Waals surface area contributed by atoms with Crippen LogP contribution in [-0.2, 0) is 11.8 Å². The molecule has 0 saturated carbocycles. The van der Waals surface area contributed by atoms with Crippen molar-refractivity contribution in [1.29, 1.82) is 0 Å². The molecule has 0 saturated heterocycles. The molecular formula is C8H11NO2. The van der Waals surface area contributed by atoms with Crippen LogP contribution in [0, 0.1) is 6.92 Å². The van der Waals surface area contributed by atoms with E-state index in [0.29, 0.717) is 5.56 Å². The summed E-state index contributed by atoms with van der Waals surface area (Å²) in [5.41, 5.74) is 1.58. The number of ether oxygens (including phenoxy) is 1. The minimum Gasteiger partial charge on any atom is -0.465 e. The first kappa shape index (κ1) is 7.85. The van der Waals surface area contributed by atoms with Gasteiger partial charge in [0.1, 0.15) is 0 Å². The molecule has 0 amide bonds. The number of aryl methyl sites for hydroxylation is 2. The Bertz CT molecular complexity index is 276. The van der Waals surface area contributed by atoms with E-state index in [0.717, 1.165) is 5.56 Å². The molecule has 0 aliphatic heterocycles. The van der Waals surface area contributed by atoms with Crippen molar-refractivity contribution >= 4 is 5.97 Å². The second-order valence-corrected chi connectivity index (χ2v) is 2.51. The lowest BCUT2D eigenvalue weighted by Crippen LogP contribution is -2.00. The van der Waals surface area contributed by atoms with Crippen LogP contribution in [0.5, 0.6) is 0 Å². The fraction of sp³-hybridized carbons (Fsp3) is 0.375. The average molecular weight is 153 g/mol. The van der Waals surface area contributed by atoms with Gasteiger partial charge in [-0.05, 0) is 12.5 Å². The summed E-state index contributed by atoms with van der Waals surface area (Å²) in [6.07, 6.45) is 3.63. The van der Waals surface area contributed by atoms with Crippen LogP contribution in [0.15, 0.2) is 12.4 Å². The Hall–Kier alpha value is -1.25. The summed E-state index contributed by atoms with van der Waals surface area (Å²) >= 11 is 0. The van der Waals surface area contributed by atoms with Crippen LogP contribution in [0.2, 0.25) is 0 Å². The molecule has 0 atom stereocenters. The summed E-state index contributed by atoms with van der Waals surface area (Å²) in [6.45, 7) is 1.88. The first-order chi connectivity index (χ1) is 5.15. The van der Waals surface area contributed by atoms with Crippen molar-refractivity contribution in [2.75, 3.05) is 7.11 Å². The Morgan fingerprint density at radius 3 is 2.55 bits per heavy atom. The van der Waals surface area contributed by atoms with Crippen molar-refractivity contribution in [2.45, 2.75) is 6.92 Å². The first-order valence-corrected chi connectivity index (χ1v) is 3.36. The smallest absolute Gasteiger partial charge is 0.339 e. The third kappa shape index (κ3) is 1.42. The highest BCUT2D eigenvalue weighted by Crippen LogP contribution is 2.08. The number of aromatic nitrogens is 1. The van der Waals surface area contributed by atoms with Gasteiger partial charge in [0.05, 0.1) is 12.7 Å². The maximum Gasteiger partial charge on any atom is 0.339 e. The van der Waals surface area contributed by atoms with Crippen LogP contribution < -0.4 is 0 Å². The Balaban J connectivity index is 3.03. The summed E-state index contributed by atoms with van der Waals surface area (Å²) in [7, 11) is 3.26. The van der Waals surface area contributed by atoms with E-state index < -0.39 is 0 Å². The first-order valence-electron chi connectivity index (χ1n) is 3.36. The molecule has 0 spiro atoms. The number of carbonyl (C=O) groups is 1. The Labute approximate surface area is 65.6 Å². The molecule has 0 N–H and O–H groups in total. The quantitative estimate of drug-likeness (QED) is 0.566. The van der Waals surface area contributed by atoms with E-state index in [4.69, 9.17) is 0 Å². The zero-order valence-corrected chi connectivity index (χ0v) is 6.92. The third-order valence-corrected chi connectivity index (χ3v) is 1.56. The number of hydrogen-bond acceptors (Lipinski definition) is 2. The monoisotopic (exact) mass is 153 g/mol. The average Bonchev–Trinajstić information content (AvgIpc) is 2.28. The van der Waals surface area contributed by atoms with Crippen molar-refractivity contribution in [3.8, 4) is 0 Å². The summed E-state index contributed by atoms with van der Waals surface area (Å²) in [5, 5.41) is 0. The maximum atomic E-state index is 11.0. The van der Waals surface area contributed by atoms with Gasteiger partial charge in [-0.2, -0.15) is 0 Å². The Morgan fingerprint density at radius 2 is 2.18 bits per heavy atom. The molecule has 3 nitrogen and oxygen atoms in total.